The van der Waals surface area contributed by atoms with Crippen molar-refractivity contribution in [2.75, 3.05) is 0 Å². The Hall–Kier alpha value is -0.110. The van der Waals surface area contributed by atoms with Gasteiger partial charge in [-0.3, -0.25) is 0 Å². The van der Waals surface area contributed by atoms with Gasteiger partial charge in [-0.25, -0.2) is 4.39 Å². The van der Waals surface area contributed by atoms with Crippen LogP contribution in [0.25, 0.3) is 0 Å². The maximum absolute atomic E-state index is 13.5. The Bertz CT molecular complexity index is 210. The van der Waals surface area contributed by atoms with E-state index in [4.69, 9.17) is 0 Å². The first-order valence-corrected chi connectivity index (χ1v) is 6.13. The van der Waals surface area contributed by atoms with Crippen molar-refractivity contribution in [2.45, 2.75) is 45.4 Å². The third kappa shape index (κ3) is 4.94. The van der Waals surface area contributed by atoms with E-state index >= 15 is 0 Å². The van der Waals surface area contributed by atoms with Crippen LogP contribution in [-0.2, 0) is 0 Å². The normalized spacial score (nSPS) is 16.3. The maximum atomic E-state index is 13.5. The molecule has 0 N–H and O–H groups in total. The summed E-state index contributed by atoms with van der Waals surface area (Å²) in [5.41, 5.74) is 1.29. The summed E-state index contributed by atoms with van der Waals surface area (Å²) in [6.45, 7) is 8.04. The lowest BCUT2D eigenvalue weighted by Crippen LogP contribution is -2.06. The van der Waals surface area contributed by atoms with Crippen LogP contribution >= 0.6 is 15.9 Å². The Labute approximate surface area is 95.4 Å². The van der Waals surface area contributed by atoms with Crippen molar-refractivity contribution >= 4 is 15.9 Å². The third-order valence-corrected chi connectivity index (χ3v) is 3.30. The van der Waals surface area contributed by atoms with Gasteiger partial charge in [0, 0.05) is 10.7 Å². The fourth-order valence-corrected chi connectivity index (χ4v) is 1.31. The fraction of sp³-hybridized carbons (Fsp3) is 0.667. The molecule has 0 fully saturated rings. The quantitative estimate of drug-likeness (QED) is 0.483. The minimum absolute atomic E-state index is 0.0474. The van der Waals surface area contributed by atoms with E-state index in [1.165, 1.54) is 5.57 Å². The third-order valence-electron chi connectivity index (χ3n) is 2.51. The van der Waals surface area contributed by atoms with Gasteiger partial charge in [0.15, 0.2) is 0 Å². The van der Waals surface area contributed by atoms with Crippen LogP contribution in [-0.4, -0.2) is 4.83 Å². The van der Waals surface area contributed by atoms with Crippen molar-refractivity contribution < 1.29 is 4.39 Å². The van der Waals surface area contributed by atoms with Crippen LogP contribution in [0.15, 0.2) is 23.6 Å². The van der Waals surface area contributed by atoms with Crippen molar-refractivity contribution in [3.8, 4) is 0 Å². The van der Waals surface area contributed by atoms with Gasteiger partial charge in [-0.2, -0.15) is 0 Å². The molecule has 2 heteroatoms. The molecule has 0 saturated carbocycles. The highest BCUT2D eigenvalue weighted by Crippen LogP contribution is 2.22. The second-order valence-electron chi connectivity index (χ2n) is 3.55. The molecule has 0 heterocycles. The summed E-state index contributed by atoms with van der Waals surface area (Å²) in [5.74, 6) is -0.102. The lowest BCUT2D eigenvalue weighted by atomic mass is 10.1. The monoisotopic (exact) mass is 262 g/mol. The summed E-state index contributed by atoms with van der Waals surface area (Å²) in [5, 5.41) is 0. The van der Waals surface area contributed by atoms with E-state index in [0.29, 0.717) is 0 Å². The molecule has 2 atom stereocenters. The lowest BCUT2D eigenvalue weighted by molar-refractivity contribution is 0.493. The van der Waals surface area contributed by atoms with Crippen molar-refractivity contribution in [3.63, 3.8) is 0 Å². The molecule has 0 rings (SSSR count). The van der Waals surface area contributed by atoms with Crippen LogP contribution in [0.1, 0.15) is 40.5 Å². The largest absolute Gasteiger partial charge is 0.211 e. The molecule has 82 valence electrons. The first kappa shape index (κ1) is 13.9. The number of allylic oxidation sites excluding steroid dienone is 4. The molecule has 0 aromatic rings. The summed E-state index contributed by atoms with van der Waals surface area (Å²) >= 11 is 3.38. The van der Waals surface area contributed by atoms with E-state index in [1.54, 1.807) is 6.08 Å². The topological polar surface area (TPSA) is 0 Å². The van der Waals surface area contributed by atoms with Crippen LogP contribution < -0.4 is 0 Å². The van der Waals surface area contributed by atoms with E-state index in [1.807, 2.05) is 19.9 Å². The predicted molar refractivity (Wildman–Crippen MR) is 65.4 cm³/mol. The first-order valence-electron chi connectivity index (χ1n) is 5.22. The first-order chi connectivity index (χ1) is 6.52. The highest BCUT2D eigenvalue weighted by molar-refractivity contribution is 9.09. The maximum Gasteiger partial charge on any atom is 0.104 e. The average molecular weight is 263 g/mol. The second kappa shape index (κ2) is 7.22. The molecule has 0 saturated heterocycles. The smallest absolute Gasteiger partial charge is 0.104 e. The second-order valence-corrected chi connectivity index (χ2v) is 4.99. The van der Waals surface area contributed by atoms with E-state index in [-0.39, 0.29) is 16.6 Å². The Morgan fingerprint density at radius 3 is 2.07 bits per heavy atom. The van der Waals surface area contributed by atoms with Gasteiger partial charge in [0.05, 0.1) is 0 Å². The van der Waals surface area contributed by atoms with Gasteiger partial charge in [-0.1, -0.05) is 55.3 Å². The molecule has 0 amide bonds. The standard InChI is InChI=1S/C12H20BrF/c1-5-11(6-2)7-8-12(14)9(3)10(4)13/h7-10H,5-6H2,1-4H3/b12-8+. The van der Waals surface area contributed by atoms with Crippen LogP contribution in [0, 0.1) is 5.92 Å². The van der Waals surface area contributed by atoms with E-state index in [0.717, 1.165) is 12.8 Å². The van der Waals surface area contributed by atoms with Crippen molar-refractivity contribution in [3.05, 3.63) is 23.6 Å². The van der Waals surface area contributed by atoms with Gasteiger partial charge in [0.1, 0.15) is 5.83 Å². The van der Waals surface area contributed by atoms with Crippen LogP contribution in [0.3, 0.4) is 0 Å². The summed E-state index contributed by atoms with van der Waals surface area (Å²) < 4.78 is 13.5. The van der Waals surface area contributed by atoms with E-state index in [9.17, 15) is 4.39 Å². The predicted octanol–water partition coefficient (Wildman–Crippen LogP) is 5.01. The number of rotatable bonds is 5. The number of hydrogen-bond donors (Lipinski definition) is 0. The molecule has 0 radical (unpaired) electrons. The highest BCUT2D eigenvalue weighted by Gasteiger charge is 2.12. The van der Waals surface area contributed by atoms with Crippen LogP contribution in [0.5, 0.6) is 0 Å². The van der Waals surface area contributed by atoms with Crippen molar-refractivity contribution in [2.24, 2.45) is 5.92 Å². The summed E-state index contributed by atoms with van der Waals surface area (Å²) in [6.07, 6.45) is 5.50. The Morgan fingerprint density at radius 2 is 1.71 bits per heavy atom. The van der Waals surface area contributed by atoms with Gasteiger partial charge in [0.2, 0.25) is 0 Å². The molecule has 0 aliphatic heterocycles. The Balaban J connectivity index is 4.43. The average Bonchev–Trinajstić information content (AvgIpc) is 2.17. The summed E-state index contributed by atoms with van der Waals surface area (Å²) in [4.78, 5) is 0.179. The van der Waals surface area contributed by atoms with E-state index in [2.05, 4.69) is 29.8 Å². The minimum Gasteiger partial charge on any atom is -0.211 e. The number of hydrogen-bond acceptors (Lipinski definition) is 0. The van der Waals surface area contributed by atoms with Gasteiger partial charge in [-0.15, -0.1) is 0 Å². The van der Waals surface area contributed by atoms with Gasteiger partial charge in [-0.05, 0) is 18.9 Å². The summed E-state index contributed by atoms with van der Waals surface area (Å²) in [6, 6.07) is 0. The summed E-state index contributed by atoms with van der Waals surface area (Å²) in [7, 11) is 0. The highest BCUT2D eigenvalue weighted by atomic mass is 79.9. The molecule has 0 aromatic heterocycles. The zero-order valence-corrected chi connectivity index (χ0v) is 11.1. The SMILES string of the molecule is CCC(=C/C=C(/F)C(C)C(C)Br)CC. The minimum atomic E-state index is -0.0544. The van der Waals surface area contributed by atoms with Crippen LogP contribution in [0.2, 0.25) is 0 Å². The Kier molecular flexibility index (Phi) is 7.16. The molecule has 0 aromatic carbocycles. The lowest BCUT2D eigenvalue weighted by Gasteiger charge is -2.10. The molecule has 0 nitrogen and oxygen atoms in total. The molecule has 0 spiro atoms. The van der Waals surface area contributed by atoms with Gasteiger partial charge in [0.25, 0.3) is 0 Å². The van der Waals surface area contributed by atoms with Crippen molar-refractivity contribution in [1.29, 1.82) is 0 Å². The molecular weight excluding hydrogens is 243 g/mol. The fourth-order valence-electron chi connectivity index (χ4n) is 1.05. The number of halogens is 2. The van der Waals surface area contributed by atoms with E-state index < -0.39 is 0 Å². The molecular formula is C12H20BrF. The molecule has 0 aliphatic rings. The Morgan fingerprint density at radius 1 is 1.21 bits per heavy atom. The zero-order chi connectivity index (χ0) is 11.1. The van der Waals surface area contributed by atoms with Gasteiger partial charge < -0.3 is 0 Å². The zero-order valence-electron chi connectivity index (χ0n) is 9.48. The molecule has 14 heavy (non-hydrogen) atoms. The molecule has 2 unspecified atom stereocenters. The molecule has 0 bridgehead atoms. The molecule has 0 aliphatic carbocycles. The number of alkyl halides is 1. The van der Waals surface area contributed by atoms with Crippen LogP contribution in [0.4, 0.5) is 4.39 Å². The van der Waals surface area contributed by atoms with Crippen molar-refractivity contribution in [1.82, 2.24) is 0 Å². The van der Waals surface area contributed by atoms with Gasteiger partial charge >= 0.3 is 0 Å².